The van der Waals surface area contributed by atoms with Crippen molar-refractivity contribution in [1.29, 1.82) is 0 Å². The van der Waals surface area contributed by atoms with Gasteiger partial charge in [0.15, 0.2) is 0 Å². The summed E-state index contributed by atoms with van der Waals surface area (Å²) in [6, 6.07) is 0. The first-order valence-electron chi connectivity index (χ1n) is 3.59. The van der Waals surface area contributed by atoms with Gasteiger partial charge < -0.3 is 12.9 Å². The zero-order valence-electron chi connectivity index (χ0n) is 7.37. The molecule has 0 atom stereocenters. The third-order valence-corrected chi connectivity index (χ3v) is 2.10. The molecule has 0 aromatic carbocycles. The van der Waals surface area contributed by atoms with Gasteiger partial charge in [0.1, 0.15) is 0 Å². The molecule has 0 aromatic rings. The van der Waals surface area contributed by atoms with Crippen LogP contribution in [0.1, 0.15) is 19.3 Å². The normalized spacial score (nSPS) is 12.5. The summed E-state index contributed by atoms with van der Waals surface area (Å²) < 4.78 is 35.4. The van der Waals surface area contributed by atoms with Crippen molar-refractivity contribution in [3.05, 3.63) is 10.5 Å². The van der Waals surface area contributed by atoms with E-state index in [2.05, 4.69) is 15.9 Å². The topological polar surface area (TPSA) is 0 Å². The zero-order chi connectivity index (χ0) is 9.61. The smallest absolute Gasteiger partial charge is 0.445 e. The molecule has 0 aliphatic heterocycles. The Morgan fingerprint density at radius 1 is 1.31 bits per heavy atom. The summed E-state index contributed by atoms with van der Waals surface area (Å²) in [5.74, 6) is 0.825. The molecular weight excluding hydrogens is 294 g/mol. The first-order chi connectivity index (χ1) is 5.45. The van der Waals surface area contributed by atoms with E-state index in [-0.39, 0.29) is 55.9 Å². The standard InChI is InChI=1S/C6H9BBrClF3.K/c8-6(3-1-2-4-9)5-7(10,11)12;/h5H,1-4H2;/q-1;+1/b6-5-;. The number of allylic oxidation sites excluding steroid dienone is 1. The second-order valence-corrected chi connectivity index (χ2v) is 3.78. The van der Waals surface area contributed by atoms with Crippen molar-refractivity contribution in [2.75, 3.05) is 5.88 Å². The van der Waals surface area contributed by atoms with Crippen LogP contribution in [0.25, 0.3) is 0 Å². The molecule has 0 rings (SSSR count). The summed E-state index contributed by atoms with van der Waals surface area (Å²) in [7, 11) is 0. The van der Waals surface area contributed by atoms with E-state index in [0.717, 1.165) is 6.42 Å². The summed E-state index contributed by atoms with van der Waals surface area (Å²) in [6.45, 7) is -4.81. The van der Waals surface area contributed by atoms with E-state index in [0.29, 0.717) is 24.7 Å². The van der Waals surface area contributed by atoms with Crippen molar-refractivity contribution in [2.45, 2.75) is 19.3 Å². The molecule has 0 spiro atoms. The van der Waals surface area contributed by atoms with Gasteiger partial charge in [-0.3, -0.25) is 0 Å². The molecule has 0 fully saturated rings. The predicted octanol–water partition coefficient (Wildman–Crippen LogP) is 1.06. The maximum absolute atomic E-state index is 11.7. The van der Waals surface area contributed by atoms with Gasteiger partial charge in [-0.05, 0) is 23.7 Å². The number of hydrogen-bond acceptors (Lipinski definition) is 0. The van der Waals surface area contributed by atoms with E-state index >= 15 is 0 Å². The first-order valence-corrected chi connectivity index (χ1v) is 4.91. The van der Waals surface area contributed by atoms with Crippen LogP contribution in [0, 0.1) is 0 Å². The molecule has 0 amide bonds. The van der Waals surface area contributed by atoms with Crippen molar-refractivity contribution < 1.29 is 64.3 Å². The van der Waals surface area contributed by atoms with Crippen molar-refractivity contribution in [3.63, 3.8) is 0 Å². The van der Waals surface area contributed by atoms with Gasteiger partial charge in [-0.25, -0.2) is 0 Å². The third-order valence-electron chi connectivity index (χ3n) is 1.17. The maximum atomic E-state index is 11.7. The Bertz CT molecular complexity index is 162. The fourth-order valence-electron chi connectivity index (χ4n) is 0.677. The summed E-state index contributed by atoms with van der Waals surface area (Å²) in [4.78, 5) is 0. The van der Waals surface area contributed by atoms with Gasteiger partial charge in [0.25, 0.3) is 0 Å². The minimum absolute atomic E-state index is 0. The Kier molecular flexibility index (Phi) is 12.4. The van der Waals surface area contributed by atoms with Crippen LogP contribution in [0.2, 0.25) is 0 Å². The molecule has 0 saturated heterocycles. The van der Waals surface area contributed by atoms with Gasteiger partial charge >= 0.3 is 58.4 Å². The Balaban J connectivity index is 0. The number of unbranched alkanes of at least 4 members (excludes halogenated alkanes) is 1. The second kappa shape index (κ2) is 9.24. The molecule has 0 saturated carbocycles. The van der Waals surface area contributed by atoms with Crippen molar-refractivity contribution in [2.24, 2.45) is 0 Å². The Morgan fingerprint density at radius 3 is 2.23 bits per heavy atom. The number of hydrogen-bond donors (Lipinski definition) is 0. The van der Waals surface area contributed by atoms with Crippen LogP contribution in [0.4, 0.5) is 12.9 Å². The second-order valence-electron chi connectivity index (χ2n) is 2.39. The van der Waals surface area contributed by atoms with E-state index in [1.807, 2.05) is 0 Å². The van der Waals surface area contributed by atoms with E-state index < -0.39 is 6.98 Å². The first kappa shape index (κ1) is 17.4. The van der Waals surface area contributed by atoms with Crippen molar-refractivity contribution >= 4 is 34.5 Å². The molecule has 0 bridgehead atoms. The average Bonchev–Trinajstić information content (AvgIpc) is 1.84. The van der Waals surface area contributed by atoms with Gasteiger partial charge in [-0.2, -0.15) is 0 Å². The molecule has 0 radical (unpaired) electrons. The van der Waals surface area contributed by atoms with E-state index in [4.69, 9.17) is 11.6 Å². The minimum atomic E-state index is -4.81. The molecule has 0 heterocycles. The van der Waals surface area contributed by atoms with Crippen molar-refractivity contribution in [3.8, 4) is 0 Å². The van der Waals surface area contributed by atoms with Crippen LogP contribution in [-0.2, 0) is 0 Å². The average molecular weight is 303 g/mol. The Morgan fingerprint density at radius 2 is 1.85 bits per heavy atom. The number of alkyl halides is 1. The summed E-state index contributed by atoms with van der Waals surface area (Å²) in [5.41, 5.74) is 0. The van der Waals surface area contributed by atoms with Gasteiger partial charge in [-0.15, -0.1) is 17.6 Å². The summed E-state index contributed by atoms with van der Waals surface area (Å²) in [6.07, 6.45) is 1.84. The zero-order valence-corrected chi connectivity index (χ0v) is 12.8. The van der Waals surface area contributed by atoms with Crippen LogP contribution in [-0.4, -0.2) is 12.9 Å². The Hall–Kier alpha value is 2.00. The fourth-order valence-corrected chi connectivity index (χ4v) is 1.45. The number of rotatable bonds is 5. The van der Waals surface area contributed by atoms with Gasteiger partial charge in [0, 0.05) is 5.88 Å². The molecule has 72 valence electrons. The van der Waals surface area contributed by atoms with Crippen molar-refractivity contribution in [1.82, 2.24) is 0 Å². The number of halogens is 5. The predicted molar refractivity (Wildman–Crippen MR) is 50.7 cm³/mol. The van der Waals surface area contributed by atoms with Crippen LogP contribution >= 0.6 is 27.5 Å². The molecule has 0 N–H and O–H groups in total. The quantitative estimate of drug-likeness (QED) is 0.405. The monoisotopic (exact) mass is 302 g/mol. The molecule has 7 heteroatoms. The summed E-state index contributed by atoms with van der Waals surface area (Å²) >= 11 is 8.22. The van der Waals surface area contributed by atoms with Gasteiger partial charge in [0.2, 0.25) is 0 Å². The molecular formula is C6H9BBrClF3K. The largest absolute Gasteiger partial charge is 1.00 e. The molecule has 0 unspecified atom stereocenters. The Labute approximate surface area is 132 Å². The van der Waals surface area contributed by atoms with E-state index in [1.165, 1.54) is 0 Å². The summed E-state index contributed by atoms with van der Waals surface area (Å²) in [5, 5.41) is 0. The maximum Gasteiger partial charge on any atom is 1.00 e. The fraction of sp³-hybridized carbons (Fsp3) is 0.667. The molecule has 13 heavy (non-hydrogen) atoms. The molecule has 0 nitrogen and oxygen atoms in total. The molecule has 0 aromatic heterocycles. The third kappa shape index (κ3) is 14.0. The van der Waals surface area contributed by atoms with Gasteiger partial charge in [-0.1, -0.05) is 15.9 Å². The van der Waals surface area contributed by atoms with E-state index in [9.17, 15) is 12.9 Å². The van der Waals surface area contributed by atoms with Crippen LogP contribution in [0.3, 0.4) is 0 Å². The molecule has 0 aliphatic rings. The SMILES string of the molecule is F[B-](F)(F)/C=C(\Br)CCCCCl.[K+]. The van der Waals surface area contributed by atoms with Crippen LogP contribution in [0.15, 0.2) is 10.5 Å². The van der Waals surface area contributed by atoms with Crippen LogP contribution < -0.4 is 51.4 Å². The minimum Gasteiger partial charge on any atom is -0.445 e. The van der Waals surface area contributed by atoms with E-state index in [1.54, 1.807) is 0 Å². The van der Waals surface area contributed by atoms with Crippen LogP contribution in [0.5, 0.6) is 0 Å². The molecule has 0 aliphatic carbocycles. The van der Waals surface area contributed by atoms with Gasteiger partial charge in [0.05, 0.1) is 0 Å².